The highest BCUT2D eigenvalue weighted by Crippen LogP contribution is 2.52. The Morgan fingerprint density at radius 2 is 1.09 bits per heavy atom. The van der Waals surface area contributed by atoms with Crippen LogP contribution in [-0.4, -0.2) is 11.9 Å². The molecule has 0 amide bonds. The molecule has 3 nitrogen and oxygen atoms in total. The lowest BCUT2D eigenvalue weighted by Gasteiger charge is -2.40. The molecule has 0 radical (unpaired) electrons. The van der Waals surface area contributed by atoms with E-state index >= 15 is 0 Å². The number of rotatable bonds is 8. The van der Waals surface area contributed by atoms with Gasteiger partial charge in [-0.25, -0.2) is 0 Å². The Bertz CT molecular complexity index is 435. The van der Waals surface area contributed by atoms with E-state index < -0.39 is 0 Å². The third-order valence-corrected chi connectivity index (χ3v) is 5.55. The monoisotopic (exact) mass is 320 g/mol. The lowest BCUT2D eigenvalue weighted by atomic mass is 9.61. The fourth-order valence-electron chi connectivity index (χ4n) is 4.83. The zero-order valence-electron chi connectivity index (χ0n) is 15.2. The molecular weight excluding hydrogens is 288 g/mol. The molecule has 1 saturated heterocycles. The van der Waals surface area contributed by atoms with Crippen LogP contribution in [0.15, 0.2) is 11.1 Å². The summed E-state index contributed by atoms with van der Waals surface area (Å²) in [7, 11) is 0. The molecule has 1 aliphatic heterocycles. The molecule has 23 heavy (non-hydrogen) atoms. The topological polar surface area (TPSA) is 43.4 Å². The average molecular weight is 320 g/mol. The smallest absolute Gasteiger partial charge is 0.318 e. The van der Waals surface area contributed by atoms with E-state index in [2.05, 4.69) is 27.7 Å². The Balaban J connectivity index is 2.54. The number of ether oxygens (including phenoxy) is 1. The predicted molar refractivity (Wildman–Crippen MR) is 91.7 cm³/mol. The van der Waals surface area contributed by atoms with Crippen LogP contribution in [0.5, 0.6) is 0 Å². The zero-order valence-corrected chi connectivity index (χ0v) is 15.2. The Hall–Kier alpha value is -1.12. The first kappa shape index (κ1) is 18.2. The van der Waals surface area contributed by atoms with Crippen molar-refractivity contribution in [3.63, 3.8) is 0 Å². The number of allylic oxidation sites excluding steroid dienone is 2. The van der Waals surface area contributed by atoms with Crippen LogP contribution in [0, 0.1) is 23.7 Å². The van der Waals surface area contributed by atoms with Gasteiger partial charge >= 0.3 is 11.9 Å². The van der Waals surface area contributed by atoms with Gasteiger partial charge in [0.05, 0.1) is 11.8 Å². The van der Waals surface area contributed by atoms with Crippen molar-refractivity contribution in [2.75, 3.05) is 0 Å². The highest BCUT2D eigenvalue weighted by atomic mass is 16.6. The van der Waals surface area contributed by atoms with Crippen LogP contribution in [0.4, 0.5) is 0 Å². The maximum Gasteiger partial charge on any atom is 0.318 e. The summed E-state index contributed by atoms with van der Waals surface area (Å²) in [6.07, 6.45) is 8.39. The van der Waals surface area contributed by atoms with Gasteiger partial charge in [-0.2, -0.15) is 0 Å². The van der Waals surface area contributed by atoms with Gasteiger partial charge in [0.1, 0.15) is 0 Å². The molecule has 130 valence electrons. The van der Waals surface area contributed by atoms with Crippen LogP contribution in [0.25, 0.3) is 0 Å². The van der Waals surface area contributed by atoms with Gasteiger partial charge in [-0.1, -0.05) is 64.5 Å². The highest BCUT2D eigenvalue weighted by molar-refractivity contribution is 5.97. The summed E-state index contributed by atoms with van der Waals surface area (Å²) in [5.41, 5.74) is 2.98. The van der Waals surface area contributed by atoms with Crippen molar-refractivity contribution in [1.29, 1.82) is 0 Å². The van der Waals surface area contributed by atoms with E-state index in [0.717, 1.165) is 51.4 Å². The molecule has 1 fully saturated rings. The normalized spacial score (nSPS) is 30.6. The third-order valence-electron chi connectivity index (χ3n) is 5.55. The Labute approximate surface area is 140 Å². The van der Waals surface area contributed by atoms with E-state index in [9.17, 15) is 9.59 Å². The number of hydrogen-bond acceptors (Lipinski definition) is 3. The molecule has 4 atom stereocenters. The van der Waals surface area contributed by atoms with Crippen molar-refractivity contribution >= 4 is 11.9 Å². The van der Waals surface area contributed by atoms with Crippen LogP contribution in [0.3, 0.4) is 0 Å². The Morgan fingerprint density at radius 3 is 1.39 bits per heavy atom. The predicted octanol–water partition coefficient (Wildman–Crippen LogP) is 5.05. The van der Waals surface area contributed by atoms with E-state index in [1.54, 1.807) is 0 Å². The highest BCUT2D eigenvalue weighted by Gasteiger charge is 2.55. The maximum absolute atomic E-state index is 12.4. The fraction of sp³-hybridized carbons (Fsp3) is 0.800. The second kappa shape index (κ2) is 8.12. The minimum absolute atomic E-state index is 0.221. The molecule has 3 heteroatoms. The molecule has 1 heterocycles. The molecule has 4 unspecified atom stereocenters. The molecule has 0 aromatic carbocycles. The van der Waals surface area contributed by atoms with Crippen LogP contribution in [-0.2, 0) is 14.3 Å². The molecule has 0 aromatic heterocycles. The second-order valence-corrected chi connectivity index (χ2v) is 7.13. The number of carbonyl (C=O) groups is 2. The summed E-state index contributed by atoms with van der Waals surface area (Å²) in [6.45, 7) is 8.74. The van der Waals surface area contributed by atoms with E-state index in [0.29, 0.717) is 0 Å². The number of cyclic esters (lactones) is 2. The third kappa shape index (κ3) is 3.39. The maximum atomic E-state index is 12.4. The van der Waals surface area contributed by atoms with Gasteiger partial charge in [0.25, 0.3) is 0 Å². The van der Waals surface area contributed by atoms with Crippen LogP contribution in [0.2, 0.25) is 0 Å². The number of hydrogen-bond donors (Lipinski definition) is 0. The van der Waals surface area contributed by atoms with E-state index in [1.807, 2.05) is 0 Å². The van der Waals surface area contributed by atoms with Gasteiger partial charge in [0.15, 0.2) is 0 Å². The van der Waals surface area contributed by atoms with Crippen molar-refractivity contribution < 1.29 is 14.3 Å². The second-order valence-electron chi connectivity index (χ2n) is 7.13. The lowest BCUT2D eigenvalue weighted by molar-refractivity contribution is -0.154. The van der Waals surface area contributed by atoms with E-state index in [4.69, 9.17) is 4.74 Å². The van der Waals surface area contributed by atoms with Crippen LogP contribution >= 0.6 is 0 Å². The van der Waals surface area contributed by atoms with E-state index in [1.165, 1.54) is 11.1 Å². The van der Waals surface area contributed by atoms with Crippen LogP contribution in [0.1, 0.15) is 79.1 Å². The molecule has 2 aliphatic rings. The minimum Gasteiger partial charge on any atom is -0.393 e. The Kier molecular flexibility index (Phi) is 6.43. The van der Waals surface area contributed by atoms with Crippen molar-refractivity contribution in [1.82, 2.24) is 0 Å². The first-order chi connectivity index (χ1) is 11.1. The van der Waals surface area contributed by atoms with Gasteiger partial charge in [-0.15, -0.1) is 0 Å². The molecule has 0 spiro atoms. The average Bonchev–Trinajstić information content (AvgIpc) is 2.81. The molecule has 2 rings (SSSR count). The molecule has 0 aromatic rings. The van der Waals surface area contributed by atoms with Crippen molar-refractivity contribution in [3.05, 3.63) is 11.1 Å². The van der Waals surface area contributed by atoms with Crippen molar-refractivity contribution in [2.24, 2.45) is 23.7 Å². The van der Waals surface area contributed by atoms with E-state index in [-0.39, 0.29) is 35.6 Å². The minimum atomic E-state index is -0.260. The standard InChI is InChI=1S/C20H32O3/c1-5-9-13-14(10-6-2)16(12-8-4)18-17(15(13)11-7-3)19(21)23-20(18)22/h15-18H,5-12H2,1-4H3. The molecule has 0 N–H and O–H groups in total. The summed E-state index contributed by atoms with van der Waals surface area (Å²) in [5.74, 6) is -0.521. The summed E-state index contributed by atoms with van der Waals surface area (Å²) in [6, 6.07) is 0. The molecule has 0 bridgehead atoms. The number of esters is 2. The van der Waals surface area contributed by atoms with Gasteiger partial charge < -0.3 is 4.74 Å². The largest absolute Gasteiger partial charge is 0.393 e. The summed E-state index contributed by atoms with van der Waals surface area (Å²) in [4.78, 5) is 24.8. The molecular formula is C20H32O3. The van der Waals surface area contributed by atoms with Crippen LogP contribution < -0.4 is 0 Å². The zero-order chi connectivity index (χ0) is 17.0. The fourth-order valence-corrected chi connectivity index (χ4v) is 4.83. The molecule has 1 aliphatic carbocycles. The number of fused-ring (bicyclic) bond motifs is 1. The quantitative estimate of drug-likeness (QED) is 0.357. The summed E-state index contributed by atoms with van der Waals surface area (Å²) >= 11 is 0. The SMILES string of the molecule is CCCC1=C(CCC)C(CCC)C2C(=O)OC(=O)C2C1CCC. The first-order valence-corrected chi connectivity index (χ1v) is 9.57. The van der Waals surface area contributed by atoms with Crippen molar-refractivity contribution in [3.8, 4) is 0 Å². The number of carbonyl (C=O) groups excluding carboxylic acids is 2. The molecule has 0 saturated carbocycles. The van der Waals surface area contributed by atoms with Gasteiger partial charge in [-0.05, 0) is 37.5 Å². The summed E-state index contributed by atoms with van der Waals surface area (Å²) < 4.78 is 5.11. The van der Waals surface area contributed by atoms with Gasteiger partial charge in [-0.3, -0.25) is 9.59 Å². The lowest BCUT2D eigenvalue weighted by Crippen LogP contribution is -2.39. The van der Waals surface area contributed by atoms with Crippen molar-refractivity contribution in [2.45, 2.75) is 79.1 Å². The van der Waals surface area contributed by atoms with Gasteiger partial charge in [0, 0.05) is 0 Å². The summed E-state index contributed by atoms with van der Waals surface area (Å²) in [5, 5.41) is 0. The first-order valence-electron chi connectivity index (χ1n) is 9.57. The Morgan fingerprint density at radius 1 is 0.696 bits per heavy atom. The van der Waals surface area contributed by atoms with Gasteiger partial charge in [0.2, 0.25) is 0 Å².